The molecule has 1 amide bonds. The van der Waals surface area contributed by atoms with Gasteiger partial charge in [-0.05, 0) is 36.4 Å². The number of nitrogens with two attached hydrogens (primary N) is 2. The summed E-state index contributed by atoms with van der Waals surface area (Å²) < 4.78 is 51.8. The molecule has 4 rings (SSSR count). The summed E-state index contributed by atoms with van der Waals surface area (Å²) in [5.74, 6) is -0.240. The molecule has 0 bridgehead atoms. The highest BCUT2D eigenvalue weighted by atomic mass is 32.2. The van der Waals surface area contributed by atoms with Crippen molar-refractivity contribution in [3.63, 3.8) is 0 Å². The Morgan fingerprint density at radius 2 is 1.32 bits per heavy atom. The van der Waals surface area contributed by atoms with Gasteiger partial charge in [0.05, 0.1) is 34.0 Å². The van der Waals surface area contributed by atoms with Crippen LogP contribution in [0.4, 0.5) is 0 Å². The van der Waals surface area contributed by atoms with E-state index in [9.17, 15) is 26.4 Å². The molecule has 2 aliphatic heterocycles. The van der Waals surface area contributed by atoms with Crippen molar-refractivity contribution in [1.82, 2.24) is 0 Å². The second kappa shape index (κ2) is 10.4. The number of carbonyl (C=O) groups is 2. The van der Waals surface area contributed by atoms with Crippen molar-refractivity contribution < 1.29 is 31.2 Å². The molecule has 0 aliphatic carbocycles. The second-order valence-corrected chi connectivity index (χ2v) is 13.4. The average Bonchev–Trinajstić information content (AvgIpc) is 2.78. The van der Waals surface area contributed by atoms with Crippen molar-refractivity contribution in [3.05, 3.63) is 47.5 Å². The summed E-state index contributed by atoms with van der Waals surface area (Å²) in [5, 5.41) is 0. The van der Waals surface area contributed by atoms with Gasteiger partial charge in [-0.2, -0.15) is 4.99 Å². The molecular formula is C20H21N3O7S4. The van der Waals surface area contributed by atoms with Crippen LogP contribution in [0.3, 0.4) is 0 Å². The van der Waals surface area contributed by atoms with Crippen LogP contribution in [0, 0.1) is 0 Å². The molecule has 0 saturated heterocycles. The summed E-state index contributed by atoms with van der Waals surface area (Å²) in [6.07, 6.45) is 0. The minimum Gasteiger partial charge on any atom is -0.465 e. The maximum atomic E-state index is 11.9. The van der Waals surface area contributed by atoms with Crippen molar-refractivity contribution in [2.24, 2.45) is 16.5 Å². The van der Waals surface area contributed by atoms with E-state index in [0.29, 0.717) is 21.3 Å². The minimum atomic E-state index is -3.31. The van der Waals surface area contributed by atoms with Gasteiger partial charge in [0.2, 0.25) is 0 Å². The van der Waals surface area contributed by atoms with E-state index in [1.807, 2.05) is 0 Å². The van der Waals surface area contributed by atoms with E-state index in [1.54, 1.807) is 18.2 Å². The van der Waals surface area contributed by atoms with Crippen molar-refractivity contribution >= 4 is 61.0 Å². The molecular weight excluding hydrogens is 523 g/mol. The highest BCUT2D eigenvalue weighted by molar-refractivity contribution is 8.03. The molecule has 0 radical (unpaired) electrons. The number of esters is 1. The summed E-state index contributed by atoms with van der Waals surface area (Å²) in [7, 11) is -5.28. The number of thioether (sulfide) groups is 2. The summed E-state index contributed by atoms with van der Waals surface area (Å²) in [5.41, 5.74) is 10.6. The van der Waals surface area contributed by atoms with Crippen molar-refractivity contribution in [3.8, 4) is 0 Å². The molecule has 14 heteroatoms. The van der Waals surface area contributed by atoms with Crippen molar-refractivity contribution in [2.75, 3.05) is 30.1 Å². The number of carbonyl (C=O) groups excluding carboxylic acids is 2. The van der Waals surface area contributed by atoms with E-state index in [4.69, 9.17) is 11.5 Å². The Kier molecular flexibility index (Phi) is 7.95. The lowest BCUT2D eigenvalue weighted by Crippen LogP contribution is -2.24. The quantitative estimate of drug-likeness (QED) is 0.317. The summed E-state index contributed by atoms with van der Waals surface area (Å²) in [6.45, 7) is 0. The van der Waals surface area contributed by atoms with Gasteiger partial charge in [0, 0.05) is 26.9 Å². The third-order valence-corrected chi connectivity index (χ3v) is 11.1. The van der Waals surface area contributed by atoms with Crippen molar-refractivity contribution in [1.29, 1.82) is 0 Å². The molecule has 0 spiro atoms. The van der Waals surface area contributed by atoms with E-state index < -0.39 is 31.6 Å². The Balaban J connectivity index is 0.000000192. The van der Waals surface area contributed by atoms with Crippen LogP contribution in [0.25, 0.3) is 0 Å². The molecule has 0 atom stereocenters. The molecule has 2 aromatic carbocycles. The SMILES string of the molecule is COC(=O)c1ccc2c(c1)S(=O)(=O)CCS2.NC(N)=NC(=O)c1ccc2c(c1)S(=O)(=O)CCS2. The summed E-state index contributed by atoms with van der Waals surface area (Å²) in [4.78, 5) is 28.0. The highest BCUT2D eigenvalue weighted by Gasteiger charge is 2.26. The number of sulfone groups is 2. The fourth-order valence-corrected chi connectivity index (χ4v) is 9.55. The summed E-state index contributed by atoms with van der Waals surface area (Å²) in [6, 6.07) is 9.07. The predicted molar refractivity (Wildman–Crippen MR) is 130 cm³/mol. The molecule has 10 nitrogen and oxygen atoms in total. The molecule has 4 N–H and O–H groups in total. The normalized spacial score (nSPS) is 17.1. The maximum absolute atomic E-state index is 11.9. The van der Waals surface area contributed by atoms with Gasteiger partial charge in [-0.3, -0.25) is 4.79 Å². The van der Waals surface area contributed by atoms with Gasteiger partial charge in [-0.1, -0.05) is 0 Å². The fourth-order valence-electron chi connectivity index (χ4n) is 3.04. The number of hydrogen-bond donors (Lipinski definition) is 2. The van der Waals surface area contributed by atoms with Gasteiger partial charge < -0.3 is 16.2 Å². The van der Waals surface area contributed by atoms with E-state index in [-0.39, 0.29) is 38.4 Å². The first-order valence-electron chi connectivity index (χ1n) is 9.66. The first-order chi connectivity index (χ1) is 15.9. The van der Waals surface area contributed by atoms with Gasteiger partial charge >= 0.3 is 5.97 Å². The number of benzene rings is 2. The van der Waals surface area contributed by atoms with Crippen LogP contribution in [0.1, 0.15) is 20.7 Å². The molecule has 2 aromatic rings. The van der Waals surface area contributed by atoms with Crippen LogP contribution in [-0.2, 0) is 24.4 Å². The van der Waals surface area contributed by atoms with Crippen LogP contribution < -0.4 is 11.5 Å². The van der Waals surface area contributed by atoms with Crippen molar-refractivity contribution in [2.45, 2.75) is 19.6 Å². The summed E-state index contributed by atoms with van der Waals surface area (Å²) >= 11 is 2.94. The second-order valence-electron chi connectivity index (χ2n) is 6.99. The number of amides is 1. The molecule has 2 heterocycles. The topological polar surface area (TPSA) is 176 Å². The lowest BCUT2D eigenvalue weighted by molar-refractivity contribution is 0.0600. The highest BCUT2D eigenvalue weighted by Crippen LogP contribution is 2.34. The van der Waals surface area contributed by atoms with Gasteiger partial charge in [0.25, 0.3) is 5.91 Å². The Bertz CT molecular complexity index is 1380. The minimum absolute atomic E-state index is 0.0740. The number of hydrogen-bond acceptors (Lipinski definition) is 9. The zero-order chi connectivity index (χ0) is 25.1. The molecule has 2 aliphatic rings. The Labute approximate surface area is 205 Å². The average molecular weight is 544 g/mol. The Hall–Kier alpha value is -2.55. The first kappa shape index (κ1) is 26.1. The monoisotopic (exact) mass is 543 g/mol. The number of rotatable bonds is 2. The maximum Gasteiger partial charge on any atom is 0.337 e. The van der Waals surface area contributed by atoms with Crippen LogP contribution in [0.5, 0.6) is 0 Å². The third-order valence-electron chi connectivity index (χ3n) is 4.68. The van der Waals surface area contributed by atoms with Crippen LogP contribution >= 0.6 is 23.5 Å². The third kappa shape index (κ3) is 5.92. The molecule has 0 aromatic heterocycles. The number of aliphatic imine (C=N–C) groups is 1. The lowest BCUT2D eigenvalue weighted by atomic mass is 10.2. The number of nitrogens with zero attached hydrogens (tertiary/aromatic N) is 1. The zero-order valence-corrected chi connectivity index (χ0v) is 21.2. The lowest BCUT2D eigenvalue weighted by Gasteiger charge is -2.15. The van der Waals surface area contributed by atoms with E-state index in [1.165, 1.54) is 48.8 Å². The van der Waals surface area contributed by atoms with Crippen LogP contribution in [0.15, 0.2) is 61.0 Å². The van der Waals surface area contributed by atoms with Gasteiger partial charge in [0.15, 0.2) is 25.6 Å². The molecule has 0 saturated carbocycles. The Morgan fingerprint density at radius 3 is 1.79 bits per heavy atom. The molecule has 0 unspecified atom stereocenters. The fraction of sp³-hybridized carbons (Fsp3) is 0.250. The van der Waals surface area contributed by atoms with E-state index >= 15 is 0 Å². The first-order valence-corrected chi connectivity index (χ1v) is 14.9. The largest absolute Gasteiger partial charge is 0.465 e. The number of methoxy groups -OCH3 is 1. The number of guanidine groups is 1. The van der Waals surface area contributed by atoms with Crippen LogP contribution in [-0.4, -0.2) is 64.8 Å². The Morgan fingerprint density at radius 1 is 0.853 bits per heavy atom. The van der Waals surface area contributed by atoms with Gasteiger partial charge in [-0.25, -0.2) is 21.6 Å². The van der Waals surface area contributed by atoms with E-state index in [2.05, 4.69) is 9.73 Å². The molecule has 34 heavy (non-hydrogen) atoms. The molecule has 182 valence electrons. The standard InChI is InChI=1S/C10H11N3O3S2.C10H10O4S2/c11-10(12)13-9(14)6-1-2-7-8(5-6)18(15,16)4-3-17-7;1-14-10(11)7-2-3-8-9(6-7)16(12,13)5-4-15-8/h1-2,5H,3-4H2,(H4,11,12,13,14);2-3,6H,4-5H2,1H3. The van der Waals surface area contributed by atoms with Gasteiger partial charge in [-0.15, -0.1) is 23.5 Å². The predicted octanol–water partition coefficient (Wildman–Crippen LogP) is 1.33. The van der Waals surface area contributed by atoms with E-state index in [0.717, 1.165) is 0 Å². The smallest absolute Gasteiger partial charge is 0.337 e. The van der Waals surface area contributed by atoms with Gasteiger partial charge in [0.1, 0.15) is 0 Å². The van der Waals surface area contributed by atoms with Crippen LogP contribution in [0.2, 0.25) is 0 Å². The molecule has 0 fully saturated rings. The zero-order valence-electron chi connectivity index (χ0n) is 17.9. The number of fused-ring (bicyclic) bond motifs is 2. The number of ether oxygens (including phenoxy) is 1.